The van der Waals surface area contributed by atoms with Gasteiger partial charge in [0, 0.05) is 36.8 Å². The number of nitrogens with zero attached hydrogens (tertiary/aromatic N) is 3. The molecule has 1 aliphatic heterocycles. The fourth-order valence-corrected chi connectivity index (χ4v) is 3.07. The molecule has 8 nitrogen and oxygen atoms in total. The van der Waals surface area contributed by atoms with Crippen molar-refractivity contribution in [3.05, 3.63) is 77.0 Å². The van der Waals surface area contributed by atoms with Crippen LogP contribution in [0.4, 0.5) is 23.4 Å². The van der Waals surface area contributed by atoms with Gasteiger partial charge in [0.1, 0.15) is 5.82 Å². The number of carbonyl (C=O) groups is 2. The first-order valence-electron chi connectivity index (χ1n) is 9.70. The van der Waals surface area contributed by atoms with Gasteiger partial charge in [0.15, 0.2) is 5.82 Å². The second kappa shape index (κ2) is 10.2. The number of rotatable bonds is 4. The minimum absolute atomic E-state index is 0.0381. The number of carboxylic acids is 1. The number of pyridine rings is 1. The minimum atomic E-state index is -5.08. The van der Waals surface area contributed by atoms with Gasteiger partial charge in [-0.05, 0) is 42.3 Å². The van der Waals surface area contributed by atoms with Crippen LogP contribution >= 0.6 is 0 Å². The van der Waals surface area contributed by atoms with E-state index in [9.17, 15) is 22.4 Å². The molecule has 3 N–H and O–H groups in total. The first-order valence-corrected chi connectivity index (χ1v) is 9.70. The van der Waals surface area contributed by atoms with Crippen LogP contribution in [0.2, 0.25) is 0 Å². The summed E-state index contributed by atoms with van der Waals surface area (Å²) >= 11 is 0. The van der Waals surface area contributed by atoms with Crippen molar-refractivity contribution in [2.45, 2.75) is 25.7 Å². The number of halogens is 4. The zero-order valence-corrected chi connectivity index (χ0v) is 17.1. The van der Waals surface area contributed by atoms with E-state index in [1.54, 1.807) is 35.4 Å². The van der Waals surface area contributed by atoms with Gasteiger partial charge in [0.25, 0.3) is 5.91 Å². The number of amides is 1. The number of hydrogen-bond acceptors (Lipinski definition) is 5. The molecular formula is C21H19F4N5O3. The van der Waals surface area contributed by atoms with Gasteiger partial charge in [-0.3, -0.25) is 14.5 Å². The average molecular weight is 465 g/mol. The summed E-state index contributed by atoms with van der Waals surface area (Å²) < 4.78 is 48.1. The highest BCUT2D eigenvalue weighted by Crippen LogP contribution is 2.22. The summed E-state index contributed by atoms with van der Waals surface area (Å²) in [5, 5.41) is 17.2. The third-order valence-corrected chi connectivity index (χ3v) is 4.68. The van der Waals surface area contributed by atoms with Crippen LogP contribution in [0.1, 0.15) is 27.0 Å². The van der Waals surface area contributed by atoms with Crippen molar-refractivity contribution >= 4 is 17.7 Å². The van der Waals surface area contributed by atoms with E-state index in [0.717, 1.165) is 24.1 Å². The molecule has 1 aromatic carbocycles. The summed E-state index contributed by atoms with van der Waals surface area (Å²) in [7, 11) is 0. The first kappa shape index (κ1) is 23.9. The molecule has 0 radical (unpaired) electrons. The highest BCUT2D eigenvalue weighted by molar-refractivity contribution is 6.04. The van der Waals surface area contributed by atoms with Crippen LogP contribution in [0.5, 0.6) is 0 Å². The maximum absolute atomic E-state index is 14.7. The summed E-state index contributed by atoms with van der Waals surface area (Å²) in [6.07, 6.45) is 0.890. The first-order chi connectivity index (χ1) is 15.6. The van der Waals surface area contributed by atoms with Gasteiger partial charge in [0.2, 0.25) is 0 Å². The van der Waals surface area contributed by atoms with Crippen LogP contribution < -0.4 is 10.6 Å². The molecule has 1 amide bonds. The number of alkyl halides is 3. The average Bonchev–Trinajstić information content (AvgIpc) is 3.21. The van der Waals surface area contributed by atoms with Gasteiger partial charge in [-0.25, -0.2) is 9.18 Å². The monoisotopic (exact) mass is 465 g/mol. The van der Waals surface area contributed by atoms with Gasteiger partial charge in [-0.15, -0.1) is 0 Å². The van der Waals surface area contributed by atoms with Gasteiger partial charge < -0.3 is 15.7 Å². The smallest absolute Gasteiger partial charge is 0.475 e. The molecule has 0 fully saturated rings. The Morgan fingerprint density at radius 2 is 1.85 bits per heavy atom. The molecular weight excluding hydrogens is 446 g/mol. The maximum atomic E-state index is 14.7. The molecule has 3 heterocycles. The van der Waals surface area contributed by atoms with Gasteiger partial charge in [-0.2, -0.15) is 18.3 Å². The van der Waals surface area contributed by atoms with Gasteiger partial charge >= 0.3 is 12.1 Å². The van der Waals surface area contributed by atoms with Crippen molar-refractivity contribution in [3.63, 3.8) is 0 Å². The normalized spacial score (nSPS) is 12.8. The number of anilines is 1. The molecule has 2 aromatic heterocycles. The van der Waals surface area contributed by atoms with Crippen LogP contribution in [-0.2, 0) is 24.3 Å². The molecule has 1 aliphatic rings. The molecule has 33 heavy (non-hydrogen) atoms. The Balaban J connectivity index is 0.000000383. The molecule has 0 saturated heterocycles. The third-order valence-electron chi connectivity index (χ3n) is 4.68. The highest BCUT2D eigenvalue weighted by atomic mass is 19.4. The Labute approximate surface area is 185 Å². The molecule has 12 heteroatoms. The molecule has 4 rings (SSSR count). The summed E-state index contributed by atoms with van der Waals surface area (Å²) in [6.45, 7) is 1.84. The maximum Gasteiger partial charge on any atom is 0.490 e. The highest BCUT2D eigenvalue weighted by Gasteiger charge is 2.38. The summed E-state index contributed by atoms with van der Waals surface area (Å²) in [4.78, 5) is 25.3. The van der Waals surface area contributed by atoms with E-state index in [1.807, 2.05) is 18.2 Å². The topological polar surface area (TPSA) is 109 Å². The molecule has 0 aliphatic carbocycles. The van der Waals surface area contributed by atoms with Crippen molar-refractivity contribution in [2.24, 2.45) is 0 Å². The molecule has 174 valence electrons. The Kier molecular flexibility index (Phi) is 7.38. The fraction of sp³-hybridized carbons (Fsp3) is 0.238. The molecule has 0 atom stereocenters. The van der Waals surface area contributed by atoms with E-state index in [-0.39, 0.29) is 5.56 Å². The Bertz CT molecular complexity index is 1130. The number of nitrogens with one attached hydrogen (secondary N) is 2. The number of hydrogen-bond donors (Lipinski definition) is 3. The number of aliphatic carboxylic acids is 1. The van der Waals surface area contributed by atoms with Crippen LogP contribution in [0.3, 0.4) is 0 Å². The van der Waals surface area contributed by atoms with Crippen LogP contribution in [0.15, 0.2) is 48.9 Å². The van der Waals surface area contributed by atoms with E-state index in [2.05, 4.69) is 20.7 Å². The fourth-order valence-electron chi connectivity index (χ4n) is 3.07. The second-order valence-corrected chi connectivity index (χ2v) is 7.00. The quantitative estimate of drug-likeness (QED) is 0.512. The van der Waals surface area contributed by atoms with E-state index in [1.165, 1.54) is 0 Å². The van der Waals surface area contributed by atoms with E-state index >= 15 is 0 Å². The largest absolute Gasteiger partial charge is 0.490 e. The molecule has 3 aromatic rings. The van der Waals surface area contributed by atoms with Gasteiger partial charge in [0.05, 0.1) is 12.1 Å². The predicted molar refractivity (Wildman–Crippen MR) is 109 cm³/mol. The lowest BCUT2D eigenvalue weighted by Gasteiger charge is -2.18. The van der Waals surface area contributed by atoms with E-state index in [0.29, 0.717) is 24.5 Å². The summed E-state index contributed by atoms with van der Waals surface area (Å²) in [5.74, 6) is -3.32. The number of carbonyl (C=O) groups excluding carboxylic acids is 1. The zero-order chi connectivity index (χ0) is 24.0. The predicted octanol–water partition coefficient (Wildman–Crippen LogP) is 3.00. The lowest BCUT2D eigenvalue weighted by Crippen LogP contribution is -2.26. The number of carboxylic acid groups (broad SMARTS) is 1. The number of fused-ring (bicyclic) bond motifs is 1. The van der Waals surface area contributed by atoms with Crippen LogP contribution in [-0.4, -0.2) is 44.5 Å². The van der Waals surface area contributed by atoms with Crippen molar-refractivity contribution < 1.29 is 32.3 Å². The molecule has 0 bridgehead atoms. The van der Waals surface area contributed by atoms with Crippen molar-refractivity contribution in [2.75, 3.05) is 11.9 Å². The summed E-state index contributed by atoms with van der Waals surface area (Å²) in [6, 6.07) is 8.86. The third kappa shape index (κ3) is 6.35. The lowest BCUT2D eigenvalue weighted by molar-refractivity contribution is -0.192. The molecule has 0 spiro atoms. The van der Waals surface area contributed by atoms with Crippen molar-refractivity contribution in [1.29, 1.82) is 0 Å². The molecule has 0 saturated carbocycles. The van der Waals surface area contributed by atoms with E-state index in [4.69, 9.17) is 9.90 Å². The SMILES string of the molecule is O=C(Nc1ccn(Cc2ccncc2)n1)c1ccc2c(c1F)CNCC2.O=C(O)C(F)(F)F. The number of aromatic nitrogens is 3. The zero-order valence-electron chi connectivity index (χ0n) is 17.1. The van der Waals surface area contributed by atoms with Crippen LogP contribution in [0.25, 0.3) is 0 Å². The molecule has 0 unspecified atom stereocenters. The minimum Gasteiger partial charge on any atom is -0.475 e. The Morgan fingerprint density at radius 1 is 1.15 bits per heavy atom. The Hall–Kier alpha value is -3.80. The van der Waals surface area contributed by atoms with Gasteiger partial charge in [-0.1, -0.05) is 6.07 Å². The number of benzene rings is 1. The van der Waals surface area contributed by atoms with Crippen LogP contribution in [0, 0.1) is 5.82 Å². The summed E-state index contributed by atoms with van der Waals surface area (Å²) in [5.41, 5.74) is 2.62. The second-order valence-electron chi connectivity index (χ2n) is 7.00. The lowest BCUT2D eigenvalue weighted by atomic mass is 9.97. The van der Waals surface area contributed by atoms with E-state index < -0.39 is 23.9 Å². The van der Waals surface area contributed by atoms with Crippen molar-refractivity contribution in [1.82, 2.24) is 20.1 Å². The Morgan fingerprint density at radius 3 is 2.52 bits per heavy atom. The van der Waals surface area contributed by atoms with Crippen molar-refractivity contribution in [3.8, 4) is 0 Å². The standard InChI is InChI=1S/C19H18FN5O.C2HF3O2/c20-18-15(2-1-14-5-9-22-11-16(14)18)19(26)23-17-6-10-25(24-17)12-13-3-7-21-8-4-13;3-2(4,5)1(6)7/h1-4,6-8,10,22H,5,9,11-12H2,(H,23,24,26);(H,6,7).